The number of benzene rings is 1. The molecule has 0 aliphatic carbocycles. The lowest BCUT2D eigenvalue weighted by atomic mass is 10.0. The van der Waals surface area contributed by atoms with Gasteiger partial charge in [0.2, 0.25) is 0 Å². The van der Waals surface area contributed by atoms with Crippen LogP contribution < -0.4 is 10.5 Å². The van der Waals surface area contributed by atoms with Crippen LogP contribution in [0, 0.1) is 0 Å². The molecule has 1 aromatic rings. The first-order chi connectivity index (χ1) is 9.19. The van der Waals surface area contributed by atoms with Gasteiger partial charge in [0.1, 0.15) is 5.75 Å². The van der Waals surface area contributed by atoms with Crippen LogP contribution in [0.1, 0.15) is 44.7 Å². The number of para-hydroxylation sites is 1. The first kappa shape index (κ1) is 15.5. The molecule has 0 amide bonds. The van der Waals surface area contributed by atoms with Crippen molar-refractivity contribution in [3.05, 3.63) is 29.8 Å². The van der Waals surface area contributed by atoms with Crippen molar-refractivity contribution in [3.8, 4) is 5.75 Å². The van der Waals surface area contributed by atoms with Crippen LogP contribution in [-0.2, 0) is 9.53 Å². The van der Waals surface area contributed by atoms with E-state index in [1.807, 2.05) is 38.1 Å². The standard InChI is InChI=1S/C15H23NO3/c1-3-18-14-10-6-5-8-12(14)13(16)9-7-11-15(17)19-4-2/h5-6,8,10,13H,3-4,7,9,11,16H2,1-2H3. The zero-order chi connectivity index (χ0) is 14.1. The van der Waals surface area contributed by atoms with Gasteiger partial charge in [0.25, 0.3) is 0 Å². The molecule has 0 saturated heterocycles. The predicted octanol–water partition coefficient (Wildman–Crippen LogP) is 2.82. The average Bonchev–Trinajstić information content (AvgIpc) is 2.40. The van der Waals surface area contributed by atoms with E-state index in [0.717, 1.165) is 24.2 Å². The maximum atomic E-state index is 11.2. The van der Waals surface area contributed by atoms with Gasteiger partial charge in [-0.3, -0.25) is 4.79 Å². The summed E-state index contributed by atoms with van der Waals surface area (Å²) in [5.74, 6) is 0.668. The molecule has 1 aromatic carbocycles. The van der Waals surface area contributed by atoms with Gasteiger partial charge in [-0.05, 0) is 32.8 Å². The normalized spacial score (nSPS) is 11.9. The summed E-state index contributed by atoms with van der Waals surface area (Å²) >= 11 is 0. The van der Waals surface area contributed by atoms with Crippen LogP contribution in [0.2, 0.25) is 0 Å². The molecular weight excluding hydrogens is 242 g/mol. The van der Waals surface area contributed by atoms with Gasteiger partial charge in [-0.1, -0.05) is 18.2 Å². The van der Waals surface area contributed by atoms with E-state index in [9.17, 15) is 4.79 Å². The van der Waals surface area contributed by atoms with E-state index in [4.69, 9.17) is 15.2 Å². The first-order valence-corrected chi connectivity index (χ1v) is 6.82. The van der Waals surface area contributed by atoms with Gasteiger partial charge in [0.05, 0.1) is 13.2 Å². The number of carbonyl (C=O) groups excluding carboxylic acids is 1. The van der Waals surface area contributed by atoms with Gasteiger partial charge in [0.15, 0.2) is 0 Å². The second kappa shape index (κ2) is 8.53. The zero-order valence-electron chi connectivity index (χ0n) is 11.7. The lowest BCUT2D eigenvalue weighted by Gasteiger charge is -2.16. The van der Waals surface area contributed by atoms with Crippen LogP contribution in [0.15, 0.2) is 24.3 Å². The highest BCUT2D eigenvalue weighted by atomic mass is 16.5. The molecule has 19 heavy (non-hydrogen) atoms. The third kappa shape index (κ3) is 5.30. The maximum Gasteiger partial charge on any atom is 0.305 e. The van der Waals surface area contributed by atoms with Crippen molar-refractivity contribution in [1.29, 1.82) is 0 Å². The number of nitrogens with two attached hydrogens (primary N) is 1. The fourth-order valence-corrected chi connectivity index (χ4v) is 1.93. The topological polar surface area (TPSA) is 61.5 Å². The first-order valence-electron chi connectivity index (χ1n) is 6.82. The van der Waals surface area contributed by atoms with Gasteiger partial charge < -0.3 is 15.2 Å². The number of hydrogen-bond donors (Lipinski definition) is 1. The molecule has 0 heterocycles. The van der Waals surface area contributed by atoms with Crippen molar-refractivity contribution in [3.63, 3.8) is 0 Å². The number of hydrogen-bond acceptors (Lipinski definition) is 4. The second-order valence-electron chi connectivity index (χ2n) is 4.27. The summed E-state index contributed by atoms with van der Waals surface area (Å²) in [5, 5.41) is 0. The highest BCUT2D eigenvalue weighted by Crippen LogP contribution is 2.26. The Hall–Kier alpha value is -1.55. The minimum absolute atomic E-state index is 0.114. The van der Waals surface area contributed by atoms with E-state index >= 15 is 0 Å². The predicted molar refractivity (Wildman–Crippen MR) is 75.0 cm³/mol. The summed E-state index contributed by atoms with van der Waals surface area (Å²) in [7, 11) is 0. The van der Waals surface area contributed by atoms with Crippen molar-refractivity contribution < 1.29 is 14.3 Å². The average molecular weight is 265 g/mol. The molecule has 1 rings (SSSR count). The Bertz CT molecular complexity index is 393. The Morgan fingerprint density at radius 3 is 2.68 bits per heavy atom. The molecule has 1 unspecified atom stereocenters. The van der Waals surface area contributed by atoms with Gasteiger partial charge >= 0.3 is 5.97 Å². The van der Waals surface area contributed by atoms with Crippen LogP contribution in [0.3, 0.4) is 0 Å². The minimum Gasteiger partial charge on any atom is -0.494 e. The van der Waals surface area contributed by atoms with Gasteiger partial charge in [-0.15, -0.1) is 0 Å². The summed E-state index contributed by atoms with van der Waals surface area (Å²) in [5.41, 5.74) is 7.15. The molecule has 1 atom stereocenters. The maximum absolute atomic E-state index is 11.2. The molecular formula is C15H23NO3. The van der Waals surface area contributed by atoms with E-state index in [1.165, 1.54) is 0 Å². The van der Waals surface area contributed by atoms with Crippen molar-refractivity contribution in [1.82, 2.24) is 0 Å². The van der Waals surface area contributed by atoms with Crippen LogP contribution in [-0.4, -0.2) is 19.2 Å². The van der Waals surface area contributed by atoms with Crippen LogP contribution in [0.25, 0.3) is 0 Å². The molecule has 0 bridgehead atoms. The molecule has 0 fully saturated rings. The smallest absolute Gasteiger partial charge is 0.305 e. The van der Waals surface area contributed by atoms with Gasteiger partial charge in [-0.2, -0.15) is 0 Å². The summed E-state index contributed by atoms with van der Waals surface area (Å²) in [6.07, 6.45) is 1.88. The zero-order valence-corrected chi connectivity index (χ0v) is 11.7. The number of esters is 1. The Morgan fingerprint density at radius 2 is 2.00 bits per heavy atom. The Morgan fingerprint density at radius 1 is 1.26 bits per heavy atom. The highest BCUT2D eigenvalue weighted by molar-refractivity contribution is 5.69. The van der Waals surface area contributed by atoms with E-state index in [-0.39, 0.29) is 12.0 Å². The minimum atomic E-state index is -0.159. The Kier molecular flexibility index (Phi) is 6.97. The van der Waals surface area contributed by atoms with E-state index < -0.39 is 0 Å². The second-order valence-corrected chi connectivity index (χ2v) is 4.27. The van der Waals surface area contributed by atoms with Crippen LogP contribution in [0.4, 0.5) is 0 Å². The summed E-state index contributed by atoms with van der Waals surface area (Å²) in [4.78, 5) is 11.2. The lowest BCUT2D eigenvalue weighted by molar-refractivity contribution is -0.143. The number of carbonyl (C=O) groups is 1. The summed E-state index contributed by atoms with van der Waals surface area (Å²) in [6, 6.07) is 7.66. The molecule has 0 aromatic heterocycles. The number of ether oxygens (including phenoxy) is 2. The van der Waals surface area contributed by atoms with Crippen molar-refractivity contribution in [2.24, 2.45) is 5.73 Å². The quantitative estimate of drug-likeness (QED) is 0.734. The molecule has 4 heteroatoms. The van der Waals surface area contributed by atoms with Crippen molar-refractivity contribution in [2.45, 2.75) is 39.2 Å². The van der Waals surface area contributed by atoms with Gasteiger partial charge in [-0.25, -0.2) is 0 Å². The van der Waals surface area contributed by atoms with E-state index in [1.54, 1.807) is 0 Å². The molecule has 0 radical (unpaired) electrons. The molecule has 0 saturated carbocycles. The van der Waals surface area contributed by atoms with Crippen molar-refractivity contribution >= 4 is 5.97 Å². The monoisotopic (exact) mass is 265 g/mol. The molecule has 106 valence electrons. The fraction of sp³-hybridized carbons (Fsp3) is 0.533. The van der Waals surface area contributed by atoms with Crippen molar-refractivity contribution in [2.75, 3.05) is 13.2 Å². The summed E-state index contributed by atoms with van der Waals surface area (Å²) < 4.78 is 10.4. The molecule has 2 N–H and O–H groups in total. The van der Waals surface area contributed by atoms with Crippen LogP contribution in [0.5, 0.6) is 5.75 Å². The van der Waals surface area contributed by atoms with E-state index in [0.29, 0.717) is 19.6 Å². The SMILES string of the molecule is CCOC(=O)CCCC(N)c1ccccc1OCC. The number of rotatable bonds is 8. The van der Waals surface area contributed by atoms with Gasteiger partial charge in [0, 0.05) is 18.0 Å². The van der Waals surface area contributed by atoms with Crippen LogP contribution >= 0.6 is 0 Å². The molecule has 4 nitrogen and oxygen atoms in total. The van der Waals surface area contributed by atoms with E-state index in [2.05, 4.69) is 0 Å². The Balaban J connectivity index is 2.49. The molecule has 0 aliphatic heterocycles. The summed E-state index contributed by atoms with van der Waals surface area (Å²) in [6.45, 7) is 4.80. The third-order valence-corrected chi connectivity index (χ3v) is 2.82. The molecule has 0 aliphatic rings. The Labute approximate surface area is 114 Å². The lowest BCUT2D eigenvalue weighted by Crippen LogP contribution is -2.13. The fourth-order valence-electron chi connectivity index (χ4n) is 1.93. The molecule has 0 spiro atoms. The largest absolute Gasteiger partial charge is 0.494 e. The highest BCUT2D eigenvalue weighted by Gasteiger charge is 2.12. The third-order valence-electron chi connectivity index (χ3n) is 2.82.